The molecule has 1 fully saturated rings. The first kappa shape index (κ1) is 15.9. The predicted molar refractivity (Wildman–Crippen MR) is 82.2 cm³/mol. The van der Waals surface area contributed by atoms with Crippen LogP contribution in [0.25, 0.3) is 11.0 Å². The maximum absolute atomic E-state index is 13.2. The number of carbonyl (C=O) groups is 3. The first-order valence-electron chi connectivity index (χ1n) is 7.42. The van der Waals surface area contributed by atoms with Crippen molar-refractivity contribution in [3.05, 3.63) is 29.8 Å². The van der Waals surface area contributed by atoms with Crippen molar-refractivity contribution in [2.75, 3.05) is 7.05 Å². The fraction of sp³-hybridized carbons (Fsp3) is 0.333. The summed E-state index contributed by atoms with van der Waals surface area (Å²) in [6, 6.07) is 3.01. The van der Waals surface area contributed by atoms with Gasteiger partial charge in [0.1, 0.15) is 17.7 Å². The van der Waals surface area contributed by atoms with E-state index in [-0.39, 0.29) is 31.1 Å². The number of halogens is 1. The van der Waals surface area contributed by atoms with Gasteiger partial charge in [-0.25, -0.2) is 14.2 Å². The van der Waals surface area contributed by atoms with Crippen LogP contribution in [0.3, 0.4) is 0 Å². The molecule has 3 rings (SSSR count). The fourth-order valence-corrected chi connectivity index (χ4v) is 2.54. The van der Waals surface area contributed by atoms with E-state index >= 15 is 0 Å². The molecule has 1 saturated heterocycles. The highest BCUT2D eigenvalue weighted by Gasteiger charge is 2.29. The van der Waals surface area contributed by atoms with Crippen LogP contribution in [0, 0.1) is 5.82 Å². The maximum Gasteiger partial charge on any atom is 0.322 e. The van der Waals surface area contributed by atoms with Gasteiger partial charge in [-0.2, -0.15) is 0 Å². The van der Waals surface area contributed by atoms with Gasteiger partial charge in [-0.1, -0.05) is 0 Å². The van der Waals surface area contributed by atoms with Crippen LogP contribution in [0.4, 0.5) is 9.18 Å². The van der Waals surface area contributed by atoms with Gasteiger partial charge in [-0.3, -0.25) is 14.9 Å². The van der Waals surface area contributed by atoms with Crippen molar-refractivity contribution in [1.29, 1.82) is 0 Å². The predicted octanol–water partition coefficient (Wildman–Crippen LogP) is 0.649. The summed E-state index contributed by atoms with van der Waals surface area (Å²) in [5.41, 5.74) is 1.19. The Morgan fingerprint density at radius 2 is 2.17 bits per heavy atom. The Kier molecular flexibility index (Phi) is 4.15. The van der Waals surface area contributed by atoms with E-state index in [1.165, 1.54) is 17.0 Å². The van der Waals surface area contributed by atoms with Crippen molar-refractivity contribution in [3.8, 4) is 0 Å². The minimum absolute atomic E-state index is 0.115. The number of carbonyl (C=O) groups excluding carboxylic acids is 3. The summed E-state index contributed by atoms with van der Waals surface area (Å²) in [6.07, 6.45) is 0.343. The molecular formula is C15H16FN5O3. The van der Waals surface area contributed by atoms with Gasteiger partial charge in [0, 0.05) is 13.5 Å². The van der Waals surface area contributed by atoms with Crippen molar-refractivity contribution >= 4 is 28.9 Å². The van der Waals surface area contributed by atoms with E-state index in [9.17, 15) is 18.8 Å². The number of urea groups is 1. The zero-order valence-corrected chi connectivity index (χ0v) is 12.9. The topological polar surface area (TPSA) is 107 Å². The number of hydrogen-bond donors (Lipinski definition) is 3. The van der Waals surface area contributed by atoms with Crippen LogP contribution in [-0.2, 0) is 16.1 Å². The van der Waals surface area contributed by atoms with Gasteiger partial charge in [0.15, 0.2) is 0 Å². The van der Waals surface area contributed by atoms with Crippen molar-refractivity contribution in [1.82, 2.24) is 25.5 Å². The molecule has 1 atom stereocenters. The van der Waals surface area contributed by atoms with E-state index in [1.54, 1.807) is 13.1 Å². The molecule has 1 aromatic carbocycles. The smallest absolute Gasteiger partial charge is 0.322 e. The Morgan fingerprint density at radius 3 is 2.88 bits per heavy atom. The van der Waals surface area contributed by atoms with Crippen LogP contribution in [-0.4, -0.2) is 45.8 Å². The molecule has 126 valence electrons. The van der Waals surface area contributed by atoms with Gasteiger partial charge in [-0.15, -0.1) is 0 Å². The lowest BCUT2D eigenvalue weighted by Gasteiger charge is -2.16. The Morgan fingerprint density at radius 1 is 1.38 bits per heavy atom. The van der Waals surface area contributed by atoms with E-state index in [2.05, 4.69) is 20.6 Å². The Hall–Kier alpha value is -2.97. The molecule has 3 N–H and O–H groups in total. The summed E-state index contributed by atoms with van der Waals surface area (Å²) < 4.78 is 13.2. The number of aromatic amines is 1. The first-order valence-corrected chi connectivity index (χ1v) is 7.42. The van der Waals surface area contributed by atoms with E-state index < -0.39 is 18.0 Å². The quantitative estimate of drug-likeness (QED) is 0.698. The molecule has 1 aliphatic heterocycles. The molecule has 0 aliphatic carbocycles. The molecule has 4 amide bonds. The summed E-state index contributed by atoms with van der Waals surface area (Å²) in [6.45, 7) is 0.234. The van der Waals surface area contributed by atoms with Crippen LogP contribution in [0.2, 0.25) is 0 Å². The van der Waals surface area contributed by atoms with Gasteiger partial charge in [-0.05, 0) is 24.6 Å². The van der Waals surface area contributed by atoms with Gasteiger partial charge < -0.3 is 15.2 Å². The first-order chi connectivity index (χ1) is 11.4. The fourth-order valence-electron chi connectivity index (χ4n) is 2.54. The van der Waals surface area contributed by atoms with Crippen LogP contribution < -0.4 is 10.6 Å². The molecule has 1 aliphatic rings. The minimum Gasteiger partial charge on any atom is -0.340 e. The molecule has 1 unspecified atom stereocenters. The zero-order chi connectivity index (χ0) is 17.3. The van der Waals surface area contributed by atoms with Gasteiger partial charge in [0.05, 0.1) is 17.6 Å². The highest BCUT2D eigenvalue weighted by atomic mass is 19.1. The van der Waals surface area contributed by atoms with E-state index in [0.29, 0.717) is 16.9 Å². The van der Waals surface area contributed by atoms with Crippen LogP contribution in [0.5, 0.6) is 0 Å². The number of hydrogen-bond acceptors (Lipinski definition) is 4. The number of H-pyrrole nitrogens is 1. The molecule has 24 heavy (non-hydrogen) atoms. The number of imidazole rings is 1. The summed E-state index contributed by atoms with van der Waals surface area (Å²) in [5.74, 6) is -0.428. The number of nitrogens with zero attached hydrogens (tertiary/aromatic N) is 2. The molecular weight excluding hydrogens is 317 g/mol. The van der Waals surface area contributed by atoms with Crippen molar-refractivity contribution < 1.29 is 18.8 Å². The number of imide groups is 1. The summed E-state index contributed by atoms with van der Waals surface area (Å²) in [4.78, 5) is 43.3. The average molecular weight is 333 g/mol. The Balaban J connectivity index is 1.57. The molecule has 0 spiro atoms. The van der Waals surface area contributed by atoms with Crippen LogP contribution in [0.1, 0.15) is 18.7 Å². The van der Waals surface area contributed by atoms with Gasteiger partial charge in [0.2, 0.25) is 5.91 Å². The number of amides is 4. The van der Waals surface area contributed by atoms with Crippen LogP contribution >= 0.6 is 0 Å². The summed E-state index contributed by atoms with van der Waals surface area (Å²) in [5, 5.41) is 4.57. The van der Waals surface area contributed by atoms with Crippen molar-refractivity contribution in [2.24, 2.45) is 0 Å². The number of aromatic nitrogens is 2. The normalized spacial score (nSPS) is 17.0. The van der Waals surface area contributed by atoms with E-state index in [1.807, 2.05) is 0 Å². The van der Waals surface area contributed by atoms with Crippen molar-refractivity contribution in [2.45, 2.75) is 25.4 Å². The van der Waals surface area contributed by atoms with E-state index in [4.69, 9.17) is 0 Å². The van der Waals surface area contributed by atoms with Crippen LogP contribution in [0.15, 0.2) is 18.2 Å². The second-order valence-corrected chi connectivity index (χ2v) is 5.65. The molecule has 8 nitrogen and oxygen atoms in total. The summed E-state index contributed by atoms with van der Waals surface area (Å²) in [7, 11) is 1.61. The van der Waals surface area contributed by atoms with Gasteiger partial charge in [0.25, 0.3) is 5.91 Å². The third kappa shape index (κ3) is 3.34. The SMILES string of the molecule is CN(Cc1nc2ccc(F)cc2[nH]1)C(=O)CCC1NC(=O)NC1=O. The largest absolute Gasteiger partial charge is 0.340 e. The lowest BCUT2D eigenvalue weighted by molar-refractivity contribution is -0.130. The van der Waals surface area contributed by atoms with Crippen molar-refractivity contribution in [3.63, 3.8) is 0 Å². The second kappa shape index (κ2) is 6.26. The lowest BCUT2D eigenvalue weighted by Crippen LogP contribution is -2.32. The molecule has 0 bridgehead atoms. The number of fused-ring (bicyclic) bond motifs is 1. The summed E-state index contributed by atoms with van der Waals surface area (Å²) >= 11 is 0. The number of benzene rings is 1. The third-order valence-corrected chi connectivity index (χ3v) is 3.81. The lowest BCUT2D eigenvalue weighted by atomic mass is 10.1. The number of rotatable bonds is 5. The zero-order valence-electron chi connectivity index (χ0n) is 12.9. The molecule has 0 saturated carbocycles. The standard InChI is InChI=1S/C15H16FN5O3/c1-21(13(22)5-4-10-14(23)20-15(24)19-10)7-12-17-9-3-2-8(16)6-11(9)18-12/h2-3,6,10H,4-5,7H2,1H3,(H,17,18)(H2,19,20,23,24). The average Bonchev–Trinajstić information content (AvgIpc) is 3.06. The van der Waals surface area contributed by atoms with E-state index in [0.717, 1.165) is 0 Å². The highest BCUT2D eigenvalue weighted by molar-refractivity contribution is 6.04. The second-order valence-electron chi connectivity index (χ2n) is 5.65. The molecule has 1 aromatic heterocycles. The molecule has 9 heteroatoms. The molecule has 0 radical (unpaired) electrons. The van der Waals surface area contributed by atoms with Gasteiger partial charge >= 0.3 is 6.03 Å². The molecule has 2 aromatic rings. The molecule has 2 heterocycles. The highest BCUT2D eigenvalue weighted by Crippen LogP contribution is 2.14. The minimum atomic E-state index is -0.677. The Bertz CT molecular complexity index is 819. The Labute approximate surface area is 136 Å². The monoisotopic (exact) mass is 333 g/mol. The maximum atomic E-state index is 13.2. The number of nitrogens with one attached hydrogen (secondary N) is 3. The third-order valence-electron chi connectivity index (χ3n) is 3.81.